The van der Waals surface area contributed by atoms with E-state index >= 15 is 0 Å². The third-order valence-corrected chi connectivity index (χ3v) is 2.97. The number of rotatable bonds is 6. The van der Waals surface area contributed by atoms with Crippen molar-refractivity contribution in [2.45, 2.75) is 32.3 Å². The summed E-state index contributed by atoms with van der Waals surface area (Å²) in [5.41, 5.74) is 4.79. The summed E-state index contributed by atoms with van der Waals surface area (Å²) in [6.07, 6.45) is 2.84. The maximum absolute atomic E-state index is 11.2. The first-order valence-electron chi connectivity index (χ1n) is 5.73. The third kappa shape index (κ3) is 3.42. The summed E-state index contributed by atoms with van der Waals surface area (Å²) in [5.74, 6) is -0.113. The fourth-order valence-corrected chi connectivity index (χ4v) is 1.49. The highest BCUT2D eigenvalue weighted by molar-refractivity contribution is 5.97. The summed E-state index contributed by atoms with van der Waals surface area (Å²) >= 11 is 0. The number of carbonyl (C=O) groups excluding carboxylic acids is 1. The molecule has 1 heterocycles. The zero-order valence-corrected chi connectivity index (χ0v) is 10.2. The summed E-state index contributed by atoms with van der Waals surface area (Å²) < 4.78 is 0. The molecule has 0 radical (unpaired) electrons. The van der Waals surface area contributed by atoms with Crippen LogP contribution in [0.25, 0.3) is 0 Å². The maximum atomic E-state index is 11.2. The molecule has 0 aliphatic carbocycles. The minimum atomic E-state index is -0.785. The van der Waals surface area contributed by atoms with Crippen molar-refractivity contribution in [3.8, 4) is 0 Å². The van der Waals surface area contributed by atoms with Gasteiger partial charge in [0.15, 0.2) is 0 Å². The molecular weight excluding hydrogens is 218 g/mol. The van der Waals surface area contributed by atoms with E-state index in [9.17, 15) is 9.90 Å². The predicted molar refractivity (Wildman–Crippen MR) is 66.8 cm³/mol. The van der Waals surface area contributed by atoms with Crippen LogP contribution in [0.2, 0.25) is 0 Å². The molecule has 4 N–H and O–H groups in total. The van der Waals surface area contributed by atoms with Gasteiger partial charge in [-0.1, -0.05) is 13.8 Å². The van der Waals surface area contributed by atoms with E-state index in [0.29, 0.717) is 30.8 Å². The normalized spacial score (nSPS) is 11.2. The molecule has 0 aromatic carbocycles. The van der Waals surface area contributed by atoms with Crippen LogP contribution in [0.3, 0.4) is 0 Å². The first-order chi connectivity index (χ1) is 8.02. The molecule has 0 fully saturated rings. The van der Waals surface area contributed by atoms with Crippen molar-refractivity contribution in [3.63, 3.8) is 0 Å². The number of amides is 1. The summed E-state index contributed by atoms with van der Waals surface area (Å²) in [4.78, 5) is 15.2. The Morgan fingerprint density at radius 3 is 2.71 bits per heavy atom. The molecule has 5 nitrogen and oxygen atoms in total. The standard InChI is InChI=1S/C12H19N3O2/c1-3-12(17,4-2)8-15-11-9(10(13)16)6-5-7-14-11/h5-7,17H,3-4,8H2,1-2H3,(H2,13,16)(H,14,15). The second-order valence-electron chi connectivity index (χ2n) is 4.05. The van der Waals surface area contributed by atoms with Crippen LogP contribution in [-0.2, 0) is 0 Å². The fraction of sp³-hybridized carbons (Fsp3) is 0.500. The lowest BCUT2D eigenvalue weighted by Crippen LogP contribution is -2.36. The van der Waals surface area contributed by atoms with Gasteiger partial charge in [-0.3, -0.25) is 4.79 Å². The topological polar surface area (TPSA) is 88.2 Å². The smallest absolute Gasteiger partial charge is 0.252 e. The van der Waals surface area contributed by atoms with E-state index in [4.69, 9.17) is 5.73 Å². The van der Waals surface area contributed by atoms with Gasteiger partial charge in [-0.05, 0) is 25.0 Å². The van der Waals surface area contributed by atoms with E-state index in [1.54, 1.807) is 18.3 Å². The number of nitrogens with two attached hydrogens (primary N) is 1. The first kappa shape index (κ1) is 13.4. The highest BCUT2D eigenvalue weighted by atomic mass is 16.3. The van der Waals surface area contributed by atoms with Crippen LogP contribution < -0.4 is 11.1 Å². The van der Waals surface area contributed by atoms with Gasteiger partial charge in [0.1, 0.15) is 5.82 Å². The van der Waals surface area contributed by atoms with Crippen LogP contribution >= 0.6 is 0 Å². The number of aliphatic hydroxyl groups is 1. The van der Waals surface area contributed by atoms with Gasteiger partial charge in [0.2, 0.25) is 0 Å². The van der Waals surface area contributed by atoms with Crippen LogP contribution in [0.1, 0.15) is 37.0 Å². The van der Waals surface area contributed by atoms with Gasteiger partial charge in [0.05, 0.1) is 11.2 Å². The molecule has 0 unspecified atom stereocenters. The predicted octanol–water partition coefficient (Wildman–Crippen LogP) is 1.14. The van der Waals surface area contributed by atoms with E-state index in [1.165, 1.54) is 0 Å². The molecule has 1 aromatic rings. The summed E-state index contributed by atoms with van der Waals surface area (Å²) in [6.45, 7) is 4.18. The molecule has 17 heavy (non-hydrogen) atoms. The molecule has 1 aromatic heterocycles. The number of anilines is 1. The van der Waals surface area contributed by atoms with Gasteiger partial charge in [0.25, 0.3) is 5.91 Å². The molecule has 0 aliphatic rings. The van der Waals surface area contributed by atoms with Crippen molar-refractivity contribution in [2.75, 3.05) is 11.9 Å². The van der Waals surface area contributed by atoms with Gasteiger partial charge in [-0.2, -0.15) is 0 Å². The van der Waals surface area contributed by atoms with Gasteiger partial charge in [-0.15, -0.1) is 0 Å². The van der Waals surface area contributed by atoms with Crippen molar-refractivity contribution in [3.05, 3.63) is 23.9 Å². The number of primary amides is 1. The molecule has 1 amide bonds. The van der Waals surface area contributed by atoms with Gasteiger partial charge in [-0.25, -0.2) is 4.98 Å². The highest BCUT2D eigenvalue weighted by Crippen LogP contribution is 2.17. The van der Waals surface area contributed by atoms with Crippen LogP contribution in [0.15, 0.2) is 18.3 Å². The van der Waals surface area contributed by atoms with Gasteiger partial charge < -0.3 is 16.2 Å². The van der Waals surface area contributed by atoms with Crippen molar-refractivity contribution < 1.29 is 9.90 Å². The SMILES string of the molecule is CCC(O)(CC)CNc1ncccc1C(N)=O. The number of pyridine rings is 1. The van der Waals surface area contributed by atoms with Crippen LogP contribution in [-0.4, -0.2) is 28.1 Å². The Kier molecular flexibility index (Phi) is 4.45. The molecule has 0 saturated heterocycles. The number of nitrogens with zero attached hydrogens (tertiary/aromatic N) is 1. The molecule has 5 heteroatoms. The quantitative estimate of drug-likeness (QED) is 0.692. The molecule has 0 saturated carbocycles. The number of aromatic nitrogens is 1. The van der Waals surface area contributed by atoms with Crippen molar-refractivity contribution >= 4 is 11.7 Å². The molecule has 0 atom stereocenters. The van der Waals surface area contributed by atoms with Crippen molar-refractivity contribution in [1.82, 2.24) is 4.98 Å². The molecule has 0 aliphatic heterocycles. The van der Waals surface area contributed by atoms with Crippen LogP contribution in [0, 0.1) is 0 Å². The minimum absolute atomic E-state index is 0.335. The maximum Gasteiger partial charge on any atom is 0.252 e. The average molecular weight is 237 g/mol. The van der Waals surface area contributed by atoms with Gasteiger partial charge >= 0.3 is 0 Å². The monoisotopic (exact) mass is 237 g/mol. The molecule has 94 valence electrons. The number of hydrogen-bond acceptors (Lipinski definition) is 4. The van der Waals surface area contributed by atoms with E-state index in [-0.39, 0.29) is 0 Å². The first-order valence-corrected chi connectivity index (χ1v) is 5.73. The molecular formula is C12H19N3O2. The Morgan fingerprint density at radius 1 is 1.53 bits per heavy atom. The van der Waals surface area contributed by atoms with Crippen molar-refractivity contribution in [2.24, 2.45) is 5.73 Å². The van der Waals surface area contributed by atoms with Gasteiger partial charge in [0, 0.05) is 12.7 Å². The van der Waals surface area contributed by atoms with E-state index < -0.39 is 11.5 Å². The highest BCUT2D eigenvalue weighted by Gasteiger charge is 2.22. The Morgan fingerprint density at radius 2 is 2.18 bits per heavy atom. The Bertz CT molecular complexity index is 389. The summed E-state index contributed by atoms with van der Waals surface area (Å²) in [5, 5.41) is 13.1. The summed E-state index contributed by atoms with van der Waals surface area (Å²) in [7, 11) is 0. The summed E-state index contributed by atoms with van der Waals surface area (Å²) in [6, 6.07) is 3.26. The van der Waals surface area contributed by atoms with Crippen LogP contribution in [0.5, 0.6) is 0 Å². The average Bonchev–Trinajstić information content (AvgIpc) is 2.36. The van der Waals surface area contributed by atoms with E-state index in [1.807, 2.05) is 13.8 Å². The van der Waals surface area contributed by atoms with Crippen LogP contribution in [0.4, 0.5) is 5.82 Å². The zero-order chi connectivity index (χ0) is 12.9. The lowest BCUT2D eigenvalue weighted by Gasteiger charge is -2.25. The third-order valence-electron chi connectivity index (χ3n) is 2.97. The molecule has 0 bridgehead atoms. The van der Waals surface area contributed by atoms with E-state index in [2.05, 4.69) is 10.3 Å². The Hall–Kier alpha value is -1.62. The fourth-order valence-electron chi connectivity index (χ4n) is 1.49. The van der Waals surface area contributed by atoms with E-state index in [0.717, 1.165) is 0 Å². The number of hydrogen-bond donors (Lipinski definition) is 3. The largest absolute Gasteiger partial charge is 0.388 e. The molecule has 0 spiro atoms. The Balaban J connectivity index is 2.79. The van der Waals surface area contributed by atoms with Crippen molar-refractivity contribution in [1.29, 1.82) is 0 Å². The minimum Gasteiger partial charge on any atom is -0.388 e. The Labute approximate surface area is 101 Å². The lowest BCUT2D eigenvalue weighted by molar-refractivity contribution is 0.0456. The lowest BCUT2D eigenvalue weighted by atomic mass is 9.97. The number of nitrogens with one attached hydrogen (secondary N) is 1. The second-order valence-corrected chi connectivity index (χ2v) is 4.05. The zero-order valence-electron chi connectivity index (χ0n) is 10.2. The second kappa shape index (κ2) is 5.63. The number of carbonyl (C=O) groups is 1. The molecule has 1 rings (SSSR count).